The fraction of sp³-hybridized carbons (Fsp3) is 0.545. The van der Waals surface area contributed by atoms with Crippen LogP contribution >= 0.6 is 31.9 Å². The van der Waals surface area contributed by atoms with E-state index >= 15 is 0 Å². The lowest BCUT2D eigenvalue weighted by molar-refractivity contribution is 0.272. The highest BCUT2D eigenvalue weighted by Crippen LogP contribution is 2.28. The molecule has 1 aliphatic carbocycles. The van der Waals surface area contributed by atoms with Crippen molar-refractivity contribution in [2.45, 2.75) is 25.4 Å². The number of hydrogen-bond acceptors (Lipinski definition) is 2. The Balaban J connectivity index is 1.98. The van der Waals surface area contributed by atoms with Crippen LogP contribution in [-0.2, 0) is 6.54 Å². The lowest BCUT2D eigenvalue weighted by Gasteiger charge is -2.20. The Labute approximate surface area is 107 Å². The van der Waals surface area contributed by atoms with Gasteiger partial charge in [0.05, 0.1) is 0 Å². The molecule has 0 amide bonds. The normalized spacial score (nSPS) is 15.9. The van der Waals surface area contributed by atoms with Crippen LogP contribution < -0.4 is 0 Å². The molecule has 4 heteroatoms. The summed E-state index contributed by atoms with van der Waals surface area (Å²) in [6.45, 7) is 2.14. The van der Waals surface area contributed by atoms with Crippen LogP contribution in [0.2, 0.25) is 0 Å². The van der Waals surface area contributed by atoms with Gasteiger partial charge in [-0.05, 0) is 40.4 Å². The third-order valence-corrected chi connectivity index (χ3v) is 3.37. The highest BCUT2D eigenvalue weighted by Gasteiger charge is 2.28. The van der Waals surface area contributed by atoms with Gasteiger partial charge in [-0.3, -0.25) is 9.88 Å². The SMILES string of the molecule is BrCCN(Cc1cncc(Br)c1)C1CC1. The third kappa shape index (κ3) is 3.54. The molecule has 82 valence electrons. The predicted molar refractivity (Wildman–Crippen MR) is 69.2 cm³/mol. The number of halogens is 2. The van der Waals surface area contributed by atoms with E-state index in [0.717, 1.165) is 28.9 Å². The lowest BCUT2D eigenvalue weighted by Crippen LogP contribution is -2.27. The second kappa shape index (κ2) is 5.41. The van der Waals surface area contributed by atoms with E-state index in [2.05, 4.69) is 47.8 Å². The Kier molecular flexibility index (Phi) is 4.17. The second-order valence-electron chi connectivity index (χ2n) is 3.90. The zero-order valence-electron chi connectivity index (χ0n) is 8.50. The largest absolute Gasteiger partial charge is 0.295 e. The minimum atomic E-state index is 0.807. The smallest absolute Gasteiger partial charge is 0.0410 e. The molecule has 0 radical (unpaired) electrons. The molecule has 0 unspecified atom stereocenters. The summed E-state index contributed by atoms with van der Waals surface area (Å²) in [7, 11) is 0. The monoisotopic (exact) mass is 332 g/mol. The molecule has 0 N–H and O–H groups in total. The van der Waals surface area contributed by atoms with Crippen LogP contribution in [0.25, 0.3) is 0 Å². The molecular weight excluding hydrogens is 320 g/mol. The highest BCUT2D eigenvalue weighted by atomic mass is 79.9. The molecule has 0 aromatic carbocycles. The Morgan fingerprint density at radius 1 is 1.40 bits per heavy atom. The minimum Gasteiger partial charge on any atom is -0.295 e. The maximum Gasteiger partial charge on any atom is 0.0410 e. The molecule has 1 heterocycles. The summed E-state index contributed by atoms with van der Waals surface area (Å²) in [5, 5.41) is 1.05. The fourth-order valence-electron chi connectivity index (χ4n) is 1.72. The Bertz CT molecular complexity index is 326. The first kappa shape index (κ1) is 11.6. The molecule has 1 aromatic rings. The topological polar surface area (TPSA) is 16.1 Å². The van der Waals surface area contributed by atoms with Crippen molar-refractivity contribution in [3.8, 4) is 0 Å². The Hall–Kier alpha value is 0.0700. The van der Waals surface area contributed by atoms with Crippen molar-refractivity contribution < 1.29 is 0 Å². The van der Waals surface area contributed by atoms with Crippen molar-refractivity contribution in [3.05, 3.63) is 28.5 Å². The molecule has 0 aliphatic heterocycles. The van der Waals surface area contributed by atoms with E-state index in [-0.39, 0.29) is 0 Å². The van der Waals surface area contributed by atoms with Crippen LogP contribution in [0.3, 0.4) is 0 Å². The van der Waals surface area contributed by atoms with Crippen molar-refractivity contribution in [1.82, 2.24) is 9.88 Å². The summed E-state index contributed by atoms with van der Waals surface area (Å²) >= 11 is 6.96. The third-order valence-electron chi connectivity index (χ3n) is 2.58. The Morgan fingerprint density at radius 3 is 2.80 bits per heavy atom. The van der Waals surface area contributed by atoms with E-state index < -0.39 is 0 Å². The first-order valence-electron chi connectivity index (χ1n) is 5.19. The van der Waals surface area contributed by atoms with Crippen LogP contribution in [0.4, 0.5) is 0 Å². The van der Waals surface area contributed by atoms with Crippen molar-refractivity contribution in [2.24, 2.45) is 0 Å². The maximum atomic E-state index is 4.19. The number of nitrogens with zero attached hydrogens (tertiary/aromatic N) is 2. The average Bonchev–Trinajstić information content (AvgIpc) is 3.00. The number of hydrogen-bond donors (Lipinski definition) is 0. The standard InChI is InChI=1S/C11H14Br2N2/c12-3-4-15(11-1-2-11)8-9-5-10(13)7-14-6-9/h5-7,11H,1-4,8H2. The van der Waals surface area contributed by atoms with E-state index in [9.17, 15) is 0 Å². The maximum absolute atomic E-state index is 4.19. The van der Waals surface area contributed by atoms with Crippen molar-refractivity contribution in [1.29, 1.82) is 0 Å². The van der Waals surface area contributed by atoms with Gasteiger partial charge in [0.2, 0.25) is 0 Å². The fourth-order valence-corrected chi connectivity index (χ4v) is 2.58. The van der Waals surface area contributed by atoms with E-state index in [1.165, 1.54) is 18.4 Å². The van der Waals surface area contributed by atoms with Crippen LogP contribution in [-0.4, -0.2) is 27.8 Å². The van der Waals surface area contributed by atoms with Gasteiger partial charge in [0.25, 0.3) is 0 Å². The van der Waals surface area contributed by atoms with E-state index in [1.54, 1.807) is 0 Å². The molecule has 2 rings (SSSR count). The average molecular weight is 334 g/mol. The summed E-state index contributed by atoms with van der Waals surface area (Å²) in [6, 6.07) is 2.96. The summed E-state index contributed by atoms with van der Waals surface area (Å²) in [4.78, 5) is 6.72. The molecule has 2 nitrogen and oxygen atoms in total. The Morgan fingerprint density at radius 2 is 2.20 bits per heavy atom. The lowest BCUT2D eigenvalue weighted by atomic mass is 10.2. The quantitative estimate of drug-likeness (QED) is 0.769. The zero-order valence-corrected chi connectivity index (χ0v) is 11.7. The molecule has 0 spiro atoms. The summed E-state index contributed by atoms with van der Waals surface area (Å²) in [5.41, 5.74) is 1.29. The summed E-state index contributed by atoms with van der Waals surface area (Å²) in [6.07, 6.45) is 6.49. The van der Waals surface area contributed by atoms with Gasteiger partial charge in [0.15, 0.2) is 0 Å². The van der Waals surface area contributed by atoms with Crippen LogP contribution in [0.5, 0.6) is 0 Å². The van der Waals surface area contributed by atoms with Crippen molar-refractivity contribution in [2.75, 3.05) is 11.9 Å². The van der Waals surface area contributed by atoms with Gasteiger partial charge < -0.3 is 0 Å². The molecule has 0 bridgehead atoms. The molecule has 1 saturated carbocycles. The van der Waals surface area contributed by atoms with Gasteiger partial charge in [-0.15, -0.1) is 0 Å². The van der Waals surface area contributed by atoms with Gasteiger partial charge in [0, 0.05) is 41.3 Å². The summed E-state index contributed by atoms with van der Waals surface area (Å²) in [5.74, 6) is 0. The predicted octanol–water partition coefficient (Wildman–Crippen LogP) is 3.20. The van der Waals surface area contributed by atoms with Gasteiger partial charge in [0.1, 0.15) is 0 Å². The van der Waals surface area contributed by atoms with Gasteiger partial charge in [-0.2, -0.15) is 0 Å². The molecule has 1 fully saturated rings. The zero-order chi connectivity index (χ0) is 10.7. The van der Waals surface area contributed by atoms with Gasteiger partial charge in [-0.25, -0.2) is 0 Å². The summed E-state index contributed by atoms with van der Waals surface area (Å²) < 4.78 is 1.06. The number of rotatable bonds is 5. The van der Waals surface area contributed by atoms with Crippen LogP contribution in [0.1, 0.15) is 18.4 Å². The molecule has 15 heavy (non-hydrogen) atoms. The molecule has 0 saturated heterocycles. The second-order valence-corrected chi connectivity index (χ2v) is 5.61. The molecular formula is C11H14Br2N2. The number of alkyl halides is 1. The van der Waals surface area contributed by atoms with Crippen molar-refractivity contribution in [3.63, 3.8) is 0 Å². The van der Waals surface area contributed by atoms with E-state index in [0.29, 0.717) is 0 Å². The molecule has 0 atom stereocenters. The number of aromatic nitrogens is 1. The van der Waals surface area contributed by atoms with Gasteiger partial charge in [-0.1, -0.05) is 15.9 Å². The van der Waals surface area contributed by atoms with E-state index in [4.69, 9.17) is 0 Å². The van der Waals surface area contributed by atoms with E-state index in [1.807, 2.05) is 12.4 Å². The highest BCUT2D eigenvalue weighted by molar-refractivity contribution is 9.10. The van der Waals surface area contributed by atoms with Crippen LogP contribution in [0.15, 0.2) is 22.9 Å². The van der Waals surface area contributed by atoms with Crippen molar-refractivity contribution >= 4 is 31.9 Å². The van der Waals surface area contributed by atoms with Crippen LogP contribution in [0, 0.1) is 0 Å². The molecule has 1 aliphatic rings. The van der Waals surface area contributed by atoms with Gasteiger partial charge >= 0.3 is 0 Å². The first-order valence-corrected chi connectivity index (χ1v) is 7.10. The first-order chi connectivity index (χ1) is 7.29. The molecule has 1 aromatic heterocycles. The number of pyridine rings is 1. The minimum absolute atomic E-state index is 0.807.